The highest BCUT2D eigenvalue weighted by molar-refractivity contribution is 5.88. The van der Waals surface area contributed by atoms with Crippen LogP contribution in [0.25, 0.3) is 0 Å². The third-order valence-corrected chi connectivity index (χ3v) is 2.57. The molecular weight excluding hydrogens is 225 g/mol. The molecule has 1 atom stereocenters. The smallest absolute Gasteiger partial charge is 0.240 e. The molecule has 1 saturated heterocycles. The molecule has 0 spiro atoms. The quantitative estimate of drug-likeness (QED) is 0.615. The van der Waals surface area contributed by atoms with E-state index in [1.807, 2.05) is 0 Å². The summed E-state index contributed by atoms with van der Waals surface area (Å²) in [4.78, 5) is 24.7. The van der Waals surface area contributed by atoms with Crippen molar-refractivity contribution >= 4 is 11.8 Å². The van der Waals surface area contributed by atoms with Crippen LogP contribution in [0, 0.1) is 0 Å². The van der Waals surface area contributed by atoms with Crippen molar-refractivity contribution in [2.75, 3.05) is 32.9 Å². The Labute approximate surface area is 100 Å². The molecule has 2 amide bonds. The van der Waals surface area contributed by atoms with Gasteiger partial charge in [-0.2, -0.15) is 0 Å². The fourth-order valence-corrected chi connectivity index (χ4v) is 1.72. The second kappa shape index (κ2) is 7.01. The summed E-state index contributed by atoms with van der Waals surface area (Å²) >= 11 is 0. The van der Waals surface area contributed by atoms with E-state index >= 15 is 0 Å². The molecule has 17 heavy (non-hydrogen) atoms. The van der Waals surface area contributed by atoms with Crippen molar-refractivity contribution in [3.63, 3.8) is 0 Å². The van der Waals surface area contributed by atoms with Crippen LogP contribution in [0.5, 0.6) is 0 Å². The first-order chi connectivity index (χ1) is 8.19. The average Bonchev–Trinajstić information content (AvgIpc) is 2.32. The van der Waals surface area contributed by atoms with Gasteiger partial charge in [-0.1, -0.05) is 6.08 Å². The molecule has 1 heterocycles. The predicted octanol–water partition coefficient (Wildman–Crippen LogP) is -0.551. The number of hydrogen-bond acceptors (Lipinski definition) is 3. The zero-order chi connectivity index (χ0) is 12.7. The van der Waals surface area contributed by atoms with Gasteiger partial charge in [0.05, 0.1) is 12.5 Å². The number of rotatable bonds is 6. The van der Waals surface area contributed by atoms with Gasteiger partial charge in [0.1, 0.15) is 6.67 Å². The maximum absolute atomic E-state index is 12.2. The second-order valence-electron chi connectivity index (χ2n) is 3.82. The van der Waals surface area contributed by atoms with Crippen LogP contribution in [-0.4, -0.2) is 55.6 Å². The first kappa shape index (κ1) is 13.6. The van der Waals surface area contributed by atoms with E-state index in [1.54, 1.807) is 6.08 Å². The average molecular weight is 243 g/mol. The molecule has 0 bridgehead atoms. The Morgan fingerprint density at radius 1 is 1.71 bits per heavy atom. The number of amides is 2. The number of carbonyl (C=O) groups excluding carboxylic acids is 2. The molecule has 1 rings (SSSR count). The monoisotopic (exact) mass is 243 g/mol. The van der Waals surface area contributed by atoms with Gasteiger partial charge in [0.2, 0.25) is 11.8 Å². The summed E-state index contributed by atoms with van der Waals surface area (Å²) in [7, 11) is 0. The highest BCUT2D eigenvalue weighted by Gasteiger charge is 2.29. The fourth-order valence-electron chi connectivity index (χ4n) is 1.72. The van der Waals surface area contributed by atoms with Gasteiger partial charge in [-0.25, -0.2) is 4.39 Å². The molecule has 0 aromatic rings. The summed E-state index contributed by atoms with van der Waals surface area (Å²) in [5.74, 6) is -0.416. The minimum absolute atomic E-state index is 0.0788. The zero-order valence-corrected chi connectivity index (χ0v) is 9.75. The Bertz CT molecular complexity index is 294. The zero-order valence-electron chi connectivity index (χ0n) is 9.75. The number of nitrogens with zero attached hydrogens (tertiary/aromatic N) is 1. The summed E-state index contributed by atoms with van der Waals surface area (Å²) in [5, 5.41) is 5.57. The highest BCUT2D eigenvalue weighted by Crippen LogP contribution is 2.05. The number of carbonyl (C=O) groups is 2. The predicted molar refractivity (Wildman–Crippen MR) is 62.2 cm³/mol. The third kappa shape index (κ3) is 4.14. The lowest BCUT2D eigenvalue weighted by molar-refractivity contribution is -0.138. The largest absolute Gasteiger partial charge is 0.353 e. The van der Waals surface area contributed by atoms with Crippen LogP contribution in [0.2, 0.25) is 0 Å². The van der Waals surface area contributed by atoms with Crippen LogP contribution in [-0.2, 0) is 9.59 Å². The third-order valence-electron chi connectivity index (χ3n) is 2.57. The van der Waals surface area contributed by atoms with Gasteiger partial charge in [0, 0.05) is 26.2 Å². The normalized spacial score (nSPS) is 20.2. The maximum Gasteiger partial charge on any atom is 0.240 e. The molecule has 1 aliphatic heterocycles. The van der Waals surface area contributed by atoms with Crippen LogP contribution >= 0.6 is 0 Å². The number of hydrogen-bond donors (Lipinski definition) is 2. The lowest BCUT2D eigenvalue weighted by Crippen LogP contribution is -2.56. The molecule has 6 heteroatoms. The van der Waals surface area contributed by atoms with E-state index in [0.717, 1.165) is 0 Å². The van der Waals surface area contributed by atoms with Gasteiger partial charge in [-0.05, 0) is 0 Å². The SMILES string of the molecule is C=CCNC(=O)CC1NCCN(CCF)C1=O. The topological polar surface area (TPSA) is 61.4 Å². The molecule has 0 radical (unpaired) electrons. The molecule has 0 aromatic carbocycles. The summed E-state index contributed by atoms with van der Waals surface area (Å²) in [6, 6.07) is -0.542. The lowest BCUT2D eigenvalue weighted by atomic mass is 10.1. The first-order valence-electron chi connectivity index (χ1n) is 5.64. The van der Waals surface area contributed by atoms with E-state index in [0.29, 0.717) is 19.6 Å². The van der Waals surface area contributed by atoms with E-state index < -0.39 is 12.7 Å². The molecule has 2 N–H and O–H groups in total. The van der Waals surface area contributed by atoms with Crippen LogP contribution in [0.3, 0.4) is 0 Å². The van der Waals surface area contributed by atoms with E-state index in [2.05, 4.69) is 17.2 Å². The number of alkyl halides is 1. The van der Waals surface area contributed by atoms with Crippen LogP contribution < -0.4 is 10.6 Å². The van der Waals surface area contributed by atoms with E-state index in [-0.39, 0.29) is 24.8 Å². The van der Waals surface area contributed by atoms with Gasteiger partial charge >= 0.3 is 0 Å². The van der Waals surface area contributed by atoms with Crippen molar-refractivity contribution in [2.24, 2.45) is 0 Å². The molecular formula is C11H18FN3O2. The highest BCUT2D eigenvalue weighted by atomic mass is 19.1. The van der Waals surface area contributed by atoms with Gasteiger partial charge < -0.3 is 15.5 Å². The summed E-state index contributed by atoms with van der Waals surface area (Å²) in [5.41, 5.74) is 0. The first-order valence-corrected chi connectivity index (χ1v) is 5.64. The summed E-state index contributed by atoms with van der Waals surface area (Å²) in [6.45, 7) is 4.50. The fraction of sp³-hybridized carbons (Fsp3) is 0.636. The lowest BCUT2D eigenvalue weighted by Gasteiger charge is -2.32. The number of halogens is 1. The van der Waals surface area contributed by atoms with Gasteiger partial charge in [-0.15, -0.1) is 6.58 Å². The molecule has 0 aromatic heterocycles. The summed E-state index contributed by atoms with van der Waals surface area (Å²) < 4.78 is 12.2. The Kier molecular flexibility index (Phi) is 5.62. The minimum Gasteiger partial charge on any atom is -0.353 e. The van der Waals surface area contributed by atoms with Crippen molar-refractivity contribution in [3.05, 3.63) is 12.7 Å². The molecule has 1 unspecified atom stereocenters. The van der Waals surface area contributed by atoms with Crippen molar-refractivity contribution in [1.29, 1.82) is 0 Å². The number of piperazine rings is 1. The molecule has 1 fully saturated rings. The molecule has 96 valence electrons. The summed E-state index contributed by atoms with van der Waals surface area (Å²) in [6.07, 6.45) is 1.65. The van der Waals surface area contributed by atoms with Crippen LogP contribution in [0.15, 0.2) is 12.7 Å². The maximum atomic E-state index is 12.2. The molecule has 0 saturated carbocycles. The van der Waals surface area contributed by atoms with E-state index in [4.69, 9.17) is 0 Å². The van der Waals surface area contributed by atoms with Crippen molar-refractivity contribution in [3.8, 4) is 0 Å². The molecule has 0 aliphatic carbocycles. The van der Waals surface area contributed by atoms with E-state index in [9.17, 15) is 14.0 Å². The van der Waals surface area contributed by atoms with Crippen LogP contribution in [0.4, 0.5) is 4.39 Å². The minimum atomic E-state index is -0.554. The second-order valence-corrected chi connectivity index (χ2v) is 3.82. The van der Waals surface area contributed by atoms with Gasteiger partial charge in [0.25, 0.3) is 0 Å². The van der Waals surface area contributed by atoms with Crippen LogP contribution in [0.1, 0.15) is 6.42 Å². The molecule has 1 aliphatic rings. The van der Waals surface area contributed by atoms with E-state index in [1.165, 1.54) is 4.90 Å². The standard InChI is InChI=1S/C11H18FN3O2/c1-2-4-14-10(16)8-9-11(17)15(6-3-12)7-5-13-9/h2,9,13H,1,3-8H2,(H,14,16). The van der Waals surface area contributed by atoms with Crippen molar-refractivity contribution in [1.82, 2.24) is 15.5 Å². The Morgan fingerprint density at radius 3 is 3.12 bits per heavy atom. The van der Waals surface area contributed by atoms with Gasteiger partial charge in [-0.3, -0.25) is 9.59 Å². The van der Waals surface area contributed by atoms with Gasteiger partial charge in [0.15, 0.2) is 0 Å². The van der Waals surface area contributed by atoms with Crippen molar-refractivity contribution in [2.45, 2.75) is 12.5 Å². The Hall–Kier alpha value is -1.43. The molecule has 5 nitrogen and oxygen atoms in total. The Morgan fingerprint density at radius 2 is 2.47 bits per heavy atom. The number of nitrogens with one attached hydrogen (secondary N) is 2. The van der Waals surface area contributed by atoms with Crippen molar-refractivity contribution < 1.29 is 14.0 Å². The Balaban J connectivity index is 2.44.